The number of hydrogen-bond donors (Lipinski definition) is 2. The highest BCUT2D eigenvalue weighted by molar-refractivity contribution is 5.83. The highest BCUT2D eigenvalue weighted by Crippen LogP contribution is 2.29. The maximum Gasteiger partial charge on any atom is 0.249 e. The molecule has 5 rings (SSSR count). The van der Waals surface area contributed by atoms with Crippen molar-refractivity contribution in [1.82, 2.24) is 19.4 Å². The SMILES string of the molecule is COCCCn1c([C@@H]2CCCN(C(=O)CC(N)Cc3ccc4ccccc4c3)C2)nc2ccc(=O)[nH]c21. The van der Waals surface area contributed by atoms with Crippen molar-refractivity contribution in [2.45, 2.75) is 50.6 Å². The summed E-state index contributed by atoms with van der Waals surface area (Å²) in [5, 5.41) is 2.39. The summed E-state index contributed by atoms with van der Waals surface area (Å²) in [6.45, 7) is 2.67. The lowest BCUT2D eigenvalue weighted by Gasteiger charge is -2.33. The van der Waals surface area contributed by atoms with E-state index in [1.807, 2.05) is 17.0 Å². The summed E-state index contributed by atoms with van der Waals surface area (Å²) < 4.78 is 7.34. The smallest absolute Gasteiger partial charge is 0.249 e. The zero-order chi connectivity index (χ0) is 25.8. The summed E-state index contributed by atoms with van der Waals surface area (Å²) in [6, 6.07) is 17.7. The van der Waals surface area contributed by atoms with E-state index >= 15 is 0 Å². The van der Waals surface area contributed by atoms with Crippen molar-refractivity contribution >= 4 is 27.8 Å². The molecule has 8 heteroatoms. The normalized spacial score (nSPS) is 16.9. The van der Waals surface area contributed by atoms with Crippen LogP contribution in [0.5, 0.6) is 0 Å². The van der Waals surface area contributed by atoms with Crippen molar-refractivity contribution < 1.29 is 9.53 Å². The number of nitrogens with zero attached hydrogens (tertiary/aromatic N) is 3. The van der Waals surface area contributed by atoms with Crippen LogP contribution in [0.25, 0.3) is 21.9 Å². The van der Waals surface area contributed by atoms with E-state index in [0.29, 0.717) is 32.5 Å². The number of carbonyl (C=O) groups is 1. The highest BCUT2D eigenvalue weighted by Gasteiger charge is 2.29. The number of benzene rings is 2. The molecule has 1 aliphatic rings. The number of pyridine rings is 1. The second-order valence-electron chi connectivity index (χ2n) is 10.1. The molecule has 3 N–H and O–H groups in total. The Bertz CT molecular complexity index is 1440. The van der Waals surface area contributed by atoms with Gasteiger partial charge in [0, 0.05) is 57.8 Å². The minimum atomic E-state index is -0.238. The second-order valence-corrected chi connectivity index (χ2v) is 10.1. The lowest BCUT2D eigenvalue weighted by Crippen LogP contribution is -2.42. The molecule has 3 heterocycles. The van der Waals surface area contributed by atoms with Crippen LogP contribution in [0, 0.1) is 0 Å². The first-order valence-corrected chi connectivity index (χ1v) is 13.1. The molecule has 1 saturated heterocycles. The molecule has 1 fully saturated rings. The number of H-pyrrole nitrogens is 1. The van der Waals surface area contributed by atoms with Crippen molar-refractivity contribution in [3.05, 3.63) is 76.3 Å². The van der Waals surface area contributed by atoms with Crippen molar-refractivity contribution in [2.24, 2.45) is 5.73 Å². The van der Waals surface area contributed by atoms with Gasteiger partial charge in [-0.2, -0.15) is 0 Å². The second kappa shape index (κ2) is 11.3. The molecule has 8 nitrogen and oxygen atoms in total. The molecule has 0 bridgehead atoms. The van der Waals surface area contributed by atoms with E-state index in [9.17, 15) is 9.59 Å². The first-order valence-electron chi connectivity index (χ1n) is 13.1. The molecule has 0 spiro atoms. The van der Waals surface area contributed by atoms with E-state index < -0.39 is 0 Å². The molecular formula is C29H35N5O3. The molecule has 194 valence electrons. The van der Waals surface area contributed by atoms with E-state index in [1.165, 1.54) is 16.8 Å². The van der Waals surface area contributed by atoms with Crippen LogP contribution in [0.2, 0.25) is 0 Å². The molecule has 0 aliphatic carbocycles. The van der Waals surface area contributed by atoms with Crippen molar-refractivity contribution in [3.63, 3.8) is 0 Å². The van der Waals surface area contributed by atoms with Gasteiger partial charge < -0.3 is 24.9 Å². The summed E-state index contributed by atoms with van der Waals surface area (Å²) in [5.41, 5.74) is 8.96. The number of imidazole rings is 1. The van der Waals surface area contributed by atoms with Gasteiger partial charge in [-0.05, 0) is 48.1 Å². The molecule has 0 saturated carbocycles. The largest absolute Gasteiger partial charge is 0.385 e. The Kier molecular flexibility index (Phi) is 7.67. The fourth-order valence-corrected chi connectivity index (χ4v) is 5.46. The summed E-state index contributed by atoms with van der Waals surface area (Å²) in [5.74, 6) is 1.12. The number of ether oxygens (including phenoxy) is 1. The Morgan fingerprint density at radius 3 is 2.86 bits per heavy atom. The van der Waals surface area contributed by atoms with Gasteiger partial charge in [0.15, 0.2) is 0 Å². The summed E-state index contributed by atoms with van der Waals surface area (Å²) in [7, 11) is 1.68. The monoisotopic (exact) mass is 501 g/mol. The Morgan fingerprint density at radius 1 is 1.19 bits per heavy atom. The Hall–Kier alpha value is -3.49. The van der Waals surface area contributed by atoms with Gasteiger partial charge in [-0.1, -0.05) is 42.5 Å². The number of carbonyl (C=O) groups excluding carboxylic acids is 1. The van der Waals surface area contributed by atoms with Crippen LogP contribution in [-0.4, -0.2) is 58.2 Å². The van der Waals surface area contributed by atoms with Gasteiger partial charge >= 0.3 is 0 Å². The number of rotatable bonds is 9. The maximum atomic E-state index is 13.3. The first kappa shape index (κ1) is 25.2. The van der Waals surface area contributed by atoms with Gasteiger partial charge in [-0.3, -0.25) is 9.59 Å². The van der Waals surface area contributed by atoms with Gasteiger partial charge in [0.05, 0.1) is 0 Å². The standard InChI is InChI=1S/C29H35N5O3/c1-37-15-5-14-34-28(31-25-11-12-26(35)32-29(25)34)23-8-4-13-33(19-23)27(36)18-24(30)17-20-9-10-21-6-2-3-7-22(21)16-20/h2-3,6-7,9-12,16,23-24H,4-5,8,13-15,17-19,30H2,1H3,(H,32,35)/t23-,24?/m1/s1. The van der Waals surface area contributed by atoms with Crippen molar-refractivity contribution in [1.29, 1.82) is 0 Å². The molecule has 4 aromatic rings. The molecule has 1 aliphatic heterocycles. The van der Waals surface area contributed by atoms with Crippen LogP contribution in [-0.2, 0) is 22.5 Å². The third kappa shape index (κ3) is 5.76. The number of aromatic nitrogens is 3. The number of nitrogens with one attached hydrogen (secondary N) is 1. The number of fused-ring (bicyclic) bond motifs is 2. The fourth-order valence-electron chi connectivity index (χ4n) is 5.46. The molecule has 2 aromatic heterocycles. The molecule has 37 heavy (non-hydrogen) atoms. The maximum absolute atomic E-state index is 13.3. The Labute approximate surface area is 216 Å². The van der Waals surface area contributed by atoms with Crippen LogP contribution < -0.4 is 11.3 Å². The number of aryl methyl sites for hydroxylation is 1. The predicted octanol–water partition coefficient (Wildman–Crippen LogP) is 3.58. The third-order valence-electron chi connectivity index (χ3n) is 7.28. The van der Waals surface area contributed by atoms with E-state index in [0.717, 1.165) is 48.4 Å². The molecular weight excluding hydrogens is 466 g/mol. The van der Waals surface area contributed by atoms with Gasteiger partial charge in [0.1, 0.15) is 17.0 Å². The van der Waals surface area contributed by atoms with Crippen LogP contribution in [0.1, 0.15) is 43.0 Å². The number of likely N-dealkylation sites (tertiary alicyclic amines) is 1. The molecule has 1 unspecified atom stereocenters. The zero-order valence-corrected chi connectivity index (χ0v) is 21.4. The molecule has 2 atom stereocenters. The van der Waals surface area contributed by atoms with Crippen LogP contribution in [0.15, 0.2) is 59.4 Å². The van der Waals surface area contributed by atoms with Crippen molar-refractivity contribution in [2.75, 3.05) is 26.8 Å². The van der Waals surface area contributed by atoms with Crippen LogP contribution >= 0.6 is 0 Å². The summed E-state index contributed by atoms with van der Waals surface area (Å²) in [4.78, 5) is 35.0. The highest BCUT2D eigenvalue weighted by atomic mass is 16.5. The van der Waals surface area contributed by atoms with Gasteiger partial charge in [-0.15, -0.1) is 0 Å². The average Bonchev–Trinajstić information content (AvgIpc) is 3.26. The molecule has 2 aromatic carbocycles. The third-order valence-corrected chi connectivity index (χ3v) is 7.28. The average molecular weight is 502 g/mol. The quantitative estimate of drug-likeness (QED) is 0.341. The Morgan fingerprint density at radius 2 is 2.03 bits per heavy atom. The molecule has 0 radical (unpaired) electrons. The van der Waals surface area contributed by atoms with E-state index in [-0.39, 0.29) is 23.4 Å². The Balaban J connectivity index is 1.27. The number of piperidine rings is 1. The van der Waals surface area contributed by atoms with E-state index in [2.05, 4.69) is 39.9 Å². The topological polar surface area (TPSA) is 106 Å². The fraction of sp³-hybridized carbons (Fsp3) is 0.414. The van der Waals surface area contributed by atoms with Gasteiger partial charge in [0.25, 0.3) is 0 Å². The predicted molar refractivity (Wildman–Crippen MR) is 146 cm³/mol. The first-order chi connectivity index (χ1) is 18.0. The summed E-state index contributed by atoms with van der Waals surface area (Å²) >= 11 is 0. The summed E-state index contributed by atoms with van der Waals surface area (Å²) in [6.07, 6.45) is 3.65. The zero-order valence-electron chi connectivity index (χ0n) is 21.4. The number of methoxy groups -OCH3 is 1. The van der Waals surface area contributed by atoms with Gasteiger partial charge in [0.2, 0.25) is 11.5 Å². The number of aromatic amines is 1. The number of nitrogens with two attached hydrogens (primary N) is 1. The number of amides is 1. The van der Waals surface area contributed by atoms with Crippen LogP contribution in [0.4, 0.5) is 0 Å². The minimum absolute atomic E-state index is 0.0911. The molecule has 1 amide bonds. The van der Waals surface area contributed by atoms with E-state index in [1.54, 1.807) is 13.2 Å². The lowest BCUT2D eigenvalue weighted by molar-refractivity contribution is -0.132. The number of hydrogen-bond acceptors (Lipinski definition) is 5. The van der Waals surface area contributed by atoms with Crippen LogP contribution in [0.3, 0.4) is 0 Å². The lowest BCUT2D eigenvalue weighted by atomic mass is 9.95. The van der Waals surface area contributed by atoms with Crippen molar-refractivity contribution in [3.8, 4) is 0 Å². The minimum Gasteiger partial charge on any atom is -0.385 e. The van der Waals surface area contributed by atoms with E-state index in [4.69, 9.17) is 15.5 Å². The van der Waals surface area contributed by atoms with Gasteiger partial charge in [-0.25, -0.2) is 4.98 Å².